The highest BCUT2D eigenvalue weighted by molar-refractivity contribution is 7.98. The summed E-state index contributed by atoms with van der Waals surface area (Å²) in [7, 11) is 0. The minimum absolute atomic E-state index is 0.626. The van der Waals surface area contributed by atoms with Crippen molar-refractivity contribution in [3.63, 3.8) is 0 Å². The topological polar surface area (TPSA) is 65.4 Å². The summed E-state index contributed by atoms with van der Waals surface area (Å²) in [6.07, 6.45) is 1.87. The summed E-state index contributed by atoms with van der Waals surface area (Å²) >= 11 is 3.26. The number of thioether (sulfide) groups is 1. The van der Waals surface area contributed by atoms with Gasteiger partial charge in [0.1, 0.15) is 16.9 Å². The van der Waals surface area contributed by atoms with Crippen LogP contribution in [0.3, 0.4) is 0 Å². The first-order valence-electron chi connectivity index (χ1n) is 10.5. The average molecular weight is 451 g/mol. The number of para-hydroxylation sites is 2. The van der Waals surface area contributed by atoms with Crippen LogP contribution in [0.15, 0.2) is 71.1 Å². The molecule has 0 saturated heterocycles. The molecule has 6 heteroatoms. The molecule has 2 aromatic carbocycles. The number of hydrogen-bond donors (Lipinski definition) is 1. The Morgan fingerprint density at radius 3 is 2.72 bits per heavy atom. The Hall–Kier alpha value is -3.40. The number of nitrogens with zero attached hydrogens (tertiary/aromatic N) is 3. The predicted molar refractivity (Wildman–Crippen MR) is 131 cm³/mol. The van der Waals surface area contributed by atoms with Crippen LogP contribution < -0.4 is 0 Å². The second-order valence-corrected chi connectivity index (χ2v) is 9.64. The van der Waals surface area contributed by atoms with Gasteiger partial charge in [-0.15, -0.1) is 11.3 Å². The zero-order valence-electron chi connectivity index (χ0n) is 17.1. The summed E-state index contributed by atoms with van der Waals surface area (Å²) in [6, 6.07) is 23.2. The number of aromatic amines is 1. The monoisotopic (exact) mass is 450 g/mol. The van der Waals surface area contributed by atoms with E-state index in [0.29, 0.717) is 11.3 Å². The van der Waals surface area contributed by atoms with Gasteiger partial charge in [-0.1, -0.05) is 54.2 Å². The van der Waals surface area contributed by atoms with Gasteiger partial charge in [0, 0.05) is 16.0 Å². The van der Waals surface area contributed by atoms with Crippen LogP contribution >= 0.6 is 23.1 Å². The zero-order chi connectivity index (χ0) is 21.5. The number of thiophene rings is 1. The van der Waals surface area contributed by atoms with Gasteiger partial charge in [-0.25, -0.2) is 9.97 Å². The number of aryl methyl sites for hydroxylation is 1. The van der Waals surface area contributed by atoms with Gasteiger partial charge < -0.3 is 4.98 Å². The third kappa shape index (κ3) is 3.22. The Balaban J connectivity index is 1.49. The van der Waals surface area contributed by atoms with Gasteiger partial charge in [0.2, 0.25) is 0 Å². The molecule has 0 radical (unpaired) electrons. The first kappa shape index (κ1) is 19.3. The summed E-state index contributed by atoms with van der Waals surface area (Å²) < 4.78 is 0. The summed E-state index contributed by atoms with van der Waals surface area (Å²) in [5.41, 5.74) is 8.41. The first-order valence-corrected chi connectivity index (χ1v) is 12.3. The lowest BCUT2D eigenvalue weighted by Crippen LogP contribution is -2.10. The standard InChI is InChI=1S/C26H18N4S2/c27-14-19-24(22-10-5-13-31-22)18-12-11-16-6-1-2-7-17(16)25(18)30-26(19)32-15-23-28-20-8-3-4-9-21(20)29-23/h1-10,13H,11-12,15H2,(H,28,29). The third-order valence-electron chi connectivity index (χ3n) is 5.85. The second-order valence-electron chi connectivity index (χ2n) is 7.73. The molecule has 6 rings (SSSR count). The highest BCUT2D eigenvalue weighted by Crippen LogP contribution is 2.43. The van der Waals surface area contributed by atoms with Gasteiger partial charge in [0.15, 0.2) is 0 Å². The van der Waals surface area contributed by atoms with E-state index in [1.807, 2.05) is 30.3 Å². The van der Waals surface area contributed by atoms with Crippen molar-refractivity contribution in [2.45, 2.75) is 23.6 Å². The lowest BCUT2D eigenvalue weighted by atomic mass is 9.85. The number of aromatic nitrogens is 3. The molecule has 154 valence electrons. The van der Waals surface area contributed by atoms with Crippen molar-refractivity contribution in [3.05, 3.63) is 88.6 Å². The lowest BCUT2D eigenvalue weighted by Gasteiger charge is -2.23. The Kier molecular flexibility index (Phi) is 4.79. The molecule has 0 aliphatic heterocycles. The Labute approximate surface area is 194 Å². The molecule has 32 heavy (non-hydrogen) atoms. The van der Waals surface area contributed by atoms with Crippen molar-refractivity contribution >= 4 is 34.1 Å². The molecule has 4 nitrogen and oxygen atoms in total. The summed E-state index contributed by atoms with van der Waals surface area (Å²) in [4.78, 5) is 14.3. The normalized spacial score (nSPS) is 12.3. The average Bonchev–Trinajstić information content (AvgIpc) is 3.51. The Bertz CT molecular complexity index is 1460. The van der Waals surface area contributed by atoms with Gasteiger partial charge >= 0.3 is 0 Å². The molecule has 0 bridgehead atoms. The van der Waals surface area contributed by atoms with Crippen molar-refractivity contribution in [2.75, 3.05) is 0 Å². The fourth-order valence-corrected chi connectivity index (χ4v) is 6.07. The zero-order valence-corrected chi connectivity index (χ0v) is 18.8. The van der Waals surface area contributed by atoms with Crippen LogP contribution in [-0.2, 0) is 18.6 Å². The molecular formula is C26H18N4S2. The van der Waals surface area contributed by atoms with E-state index in [0.717, 1.165) is 50.9 Å². The summed E-state index contributed by atoms with van der Waals surface area (Å²) in [5.74, 6) is 1.51. The molecule has 3 aromatic heterocycles. The molecule has 1 aliphatic rings. The molecule has 0 atom stereocenters. The van der Waals surface area contributed by atoms with Crippen molar-refractivity contribution < 1.29 is 0 Å². The number of nitrogens with one attached hydrogen (secondary N) is 1. The van der Waals surface area contributed by atoms with E-state index in [9.17, 15) is 5.26 Å². The van der Waals surface area contributed by atoms with Crippen LogP contribution in [0.5, 0.6) is 0 Å². The molecule has 0 unspecified atom stereocenters. The van der Waals surface area contributed by atoms with E-state index in [4.69, 9.17) is 9.97 Å². The number of benzene rings is 2. The number of fused-ring (bicyclic) bond motifs is 4. The molecule has 0 saturated carbocycles. The quantitative estimate of drug-likeness (QED) is 0.313. The van der Waals surface area contributed by atoms with Crippen LogP contribution in [-0.4, -0.2) is 15.0 Å². The van der Waals surface area contributed by atoms with Crippen molar-refractivity contribution in [1.82, 2.24) is 15.0 Å². The molecule has 1 aliphatic carbocycles. The fourth-order valence-electron chi connectivity index (χ4n) is 4.41. The number of hydrogen-bond acceptors (Lipinski definition) is 5. The number of nitriles is 1. The highest BCUT2D eigenvalue weighted by atomic mass is 32.2. The van der Waals surface area contributed by atoms with Crippen LogP contribution in [0.25, 0.3) is 32.7 Å². The van der Waals surface area contributed by atoms with E-state index in [1.54, 1.807) is 23.1 Å². The molecular weight excluding hydrogens is 432 g/mol. The van der Waals surface area contributed by atoms with Crippen molar-refractivity contribution in [2.24, 2.45) is 0 Å². The largest absolute Gasteiger partial charge is 0.341 e. The van der Waals surface area contributed by atoms with Gasteiger partial charge in [0.25, 0.3) is 0 Å². The maximum absolute atomic E-state index is 10.2. The highest BCUT2D eigenvalue weighted by Gasteiger charge is 2.26. The minimum atomic E-state index is 0.626. The Morgan fingerprint density at radius 2 is 1.88 bits per heavy atom. The van der Waals surface area contributed by atoms with Gasteiger partial charge in [0.05, 0.1) is 28.0 Å². The lowest BCUT2D eigenvalue weighted by molar-refractivity contribution is 0.913. The van der Waals surface area contributed by atoms with E-state index in [-0.39, 0.29) is 0 Å². The van der Waals surface area contributed by atoms with Gasteiger partial charge in [-0.05, 0) is 47.5 Å². The molecule has 0 spiro atoms. The van der Waals surface area contributed by atoms with Crippen LogP contribution in [0.2, 0.25) is 0 Å². The summed E-state index contributed by atoms with van der Waals surface area (Å²) in [6.45, 7) is 0. The molecule has 1 N–H and O–H groups in total. The molecule has 0 fully saturated rings. The first-order chi connectivity index (χ1) is 15.8. The molecule has 3 heterocycles. The maximum atomic E-state index is 10.2. The van der Waals surface area contributed by atoms with E-state index in [2.05, 4.69) is 46.8 Å². The number of imidazole rings is 1. The van der Waals surface area contributed by atoms with Crippen molar-refractivity contribution in [3.8, 4) is 27.8 Å². The Morgan fingerprint density at radius 1 is 1.00 bits per heavy atom. The number of H-pyrrole nitrogens is 1. The number of pyridine rings is 1. The second kappa shape index (κ2) is 7.94. The van der Waals surface area contributed by atoms with Crippen LogP contribution in [0.1, 0.15) is 22.5 Å². The molecule has 5 aromatic rings. The SMILES string of the molecule is N#Cc1c(SCc2nc3ccccc3[nH]2)nc2c(c1-c1cccs1)CCc1ccccc1-2. The predicted octanol–water partition coefficient (Wildman–Crippen LogP) is 6.62. The minimum Gasteiger partial charge on any atom is -0.341 e. The third-order valence-corrected chi connectivity index (χ3v) is 7.72. The van der Waals surface area contributed by atoms with Gasteiger partial charge in [-0.2, -0.15) is 5.26 Å². The van der Waals surface area contributed by atoms with E-state index in [1.165, 1.54) is 16.7 Å². The van der Waals surface area contributed by atoms with E-state index >= 15 is 0 Å². The van der Waals surface area contributed by atoms with Gasteiger partial charge in [-0.3, -0.25) is 0 Å². The molecule has 0 amide bonds. The van der Waals surface area contributed by atoms with Crippen LogP contribution in [0.4, 0.5) is 0 Å². The summed E-state index contributed by atoms with van der Waals surface area (Å²) in [5, 5.41) is 13.0. The van der Waals surface area contributed by atoms with Crippen molar-refractivity contribution in [1.29, 1.82) is 5.26 Å². The smallest absolute Gasteiger partial charge is 0.117 e. The number of rotatable bonds is 4. The van der Waals surface area contributed by atoms with Crippen LogP contribution in [0, 0.1) is 11.3 Å². The fraction of sp³-hybridized carbons (Fsp3) is 0.115. The maximum Gasteiger partial charge on any atom is 0.117 e. The van der Waals surface area contributed by atoms with E-state index < -0.39 is 0 Å².